The molecule has 0 aromatic heterocycles. The first kappa shape index (κ1) is 16.4. The Kier molecular flexibility index (Phi) is 3.61. The number of carbonyl (C=O) groups is 1. The van der Waals surface area contributed by atoms with Crippen molar-refractivity contribution in [2.75, 3.05) is 39.8 Å². The van der Waals surface area contributed by atoms with Gasteiger partial charge in [0, 0.05) is 24.4 Å². The van der Waals surface area contributed by atoms with E-state index in [4.69, 9.17) is 4.74 Å². The summed E-state index contributed by atoms with van der Waals surface area (Å²) < 4.78 is 5.48. The Hall–Kier alpha value is -1.59. The zero-order chi connectivity index (χ0) is 18.1. The van der Waals surface area contributed by atoms with E-state index in [2.05, 4.69) is 33.3 Å². The van der Waals surface area contributed by atoms with Crippen molar-refractivity contribution in [3.05, 3.63) is 29.8 Å². The van der Waals surface area contributed by atoms with Gasteiger partial charge >= 0.3 is 0 Å². The molecule has 0 spiro atoms. The smallest absolute Gasteiger partial charge is 0.226 e. The van der Waals surface area contributed by atoms with Gasteiger partial charge in [-0.3, -0.25) is 9.69 Å². The van der Waals surface area contributed by atoms with E-state index in [1.54, 1.807) is 7.11 Å². The third-order valence-electron chi connectivity index (χ3n) is 8.18. The number of nitrogens with zero attached hydrogens (tertiary/aromatic N) is 2. The highest BCUT2D eigenvalue weighted by atomic mass is 16.5. The monoisotopic (exact) mass is 367 g/mol. The second kappa shape index (κ2) is 5.95. The standard InChI is InChI=1S/C22H29N3O2/c1-27-15-4-2-3-14(9-15)18-12-25(22(26)19-16-10-23-11-17(16)19)20-13-5-7-24(8-6-13)21(18)20/h2-4,9,13,16-21,23H,5-8,10-12H2,1H3/t16-,17+,18-,19?,20+,21+/m0/s1. The summed E-state index contributed by atoms with van der Waals surface area (Å²) in [5, 5.41) is 3.43. The van der Waals surface area contributed by atoms with E-state index in [0.717, 1.165) is 25.4 Å². The van der Waals surface area contributed by atoms with Crippen molar-refractivity contribution in [2.45, 2.75) is 30.8 Å². The summed E-state index contributed by atoms with van der Waals surface area (Å²) in [6.07, 6.45) is 2.52. The molecule has 5 aliphatic heterocycles. The average molecular weight is 367 g/mol. The minimum atomic E-state index is 0.298. The molecule has 1 aromatic carbocycles. The van der Waals surface area contributed by atoms with Gasteiger partial charge in [0.15, 0.2) is 0 Å². The molecule has 6 atom stereocenters. The molecular formula is C22H29N3O2. The SMILES string of the molecule is COc1cccc([C@@H]2CN(C(=O)C3[C@H]4CNC[C@@H]34)[C@@H]3C4CCN(CC4)[C@@H]32)c1. The first-order chi connectivity index (χ1) is 13.3. The fourth-order valence-electron chi connectivity index (χ4n) is 6.81. The molecule has 6 fully saturated rings. The second-order valence-electron chi connectivity index (χ2n) is 9.24. The molecule has 5 heterocycles. The van der Waals surface area contributed by atoms with Gasteiger partial charge in [-0.05, 0) is 74.5 Å². The molecule has 5 nitrogen and oxygen atoms in total. The number of piperidine rings is 4. The Morgan fingerprint density at radius 1 is 1.15 bits per heavy atom. The summed E-state index contributed by atoms with van der Waals surface area (Å²) >= 11 is 0. The number of hydrogen-bond acceptors (Lipinski definition) is 4. The molecule has 1 saturated carbocycles. The van der Waals surface area contributed by atoms with Crippen LogP contribution in [0.3, 0.4) is 0 Å². The van der Waals surface area contributed by atoms with Gasteiger partial charge in [-0.2, -0.15) is 0 Å². The molecule has 1 N–H and O–H groups in total. The zero-order valence-corrected chi connectivity index (χ0v) is 16.0. The van der Waals surface area contributed by atoms with Gasteiger partial charge < -0.3 is 15.0 Å². The van der Waals surface area contributed by atoms with E-state index in [1.807, 2.05) is 6.07 Å². The molecular weight excluding hydrogens is 338 g/mol. The minimum absolute atomic E-state index is 0.298. The Balaban J connectivity index is 1.33. The lowest BCUT2D eigenvalue weighted by Gasteiger charge is -2.51. The predicted octanol–water partition coefficient (Wildman–Crippen LogP) is 1.55. The lowest BCUT2D eigenvalue weighted by molar-refractivity contribution is -0.138. The number of nitrogens with one attached hydrogen (secondary N) is 1. The summed E-state index contributed by atoms with van der Waals surface area (Å²) in [6, 6.07) is 9.45. The number of methoxy groups -OCH3 is 1. The lowest BCUT2D eigenvalue weighted by Crippen LogP contribution is -2.61. The topological polar surface area (TPSA) is 44.8 Å². The highest BCUT2D eigenvalue weighted by Gasteiger charge is 2.62. The third kappa shape index (κ3) is 2.34. The number of carbonyl (C=O) groups excluding carboxylic acids is 1. The largest absolute Gasteiger partial charge is 0.497 e. The van der Waals surface area contributed by atoms with Gasteiger partial charge in [0.2, 0.25) is 5.91 Å². The molecule has 1 amide bonds. The summed E-state index contributed by atoms with van der Waals surface area (Å²) in [5.41, 5.74) is 1.34. The van der Waals surface area contributed by atoms with Crippen LogP contribution in [0.4, 0.5) is 0 Å². The van der Waals surface area contributed by atoms with E-state index in [9.17, 15) is 4.79 Å². The van der Waals surface area contributed by atoms with Gasteiger partial charge in [0.1, 0.15) is 5.75 Å². The highest BCUT2D eigenvalue weighted by molar-refractivity contribution is 5.83. The van der Waals surface area contributed by atoms with Crippen LogP contribution in [0, 0.1) is 23.7 Å². The number of fused-ring (bicyclic) bond motifs is 3. The van der Waals surface area contributed by atoms with Crippen molar-refractivity contribution in [3.8, 4) is 5.75 Å². The molecule has 1 unspecified atom stereocenters. The van der Waals surface area contributed by atoms with Crippen molar-refractivity contribution < 1.29 is 9.53 Å². The molecule has 5 saturated heterocycles. The molecule has 0 radical (unpaired) electrons. The Bertz CT molecular complexity index is 750. The Labute approximate surface area is 161 Å². The van der Waals surface area contributed by atoms with Gasteiger partial charge in [0.05, 0.1) is 13.2 Å². The van der Waals surface area contributed by atoms with Gasteiger partial charge in [-0.15, -0.1) is 0 Å². The van der Waals surface area contributed by atoms with Crippen LogP contribution in [0.25, 0.3) is 0 Å². The van der Waals surface area contributed by atoms with Crippen LogP contribution in [0.1, 0.15) is 24.3 Å². The lowest BCUT2D eigenvalue weighted by atomic mass is 9.75. The van der Waals surface area contributed by atoms with Gasteiger partial charge in [-0.1, -0.05) is 12.1 Å². The first-order valence-electron chi connectivity index (χ1n) is 10.7. The molecule has 1 aromatic rings. The van der Waals surface area contributed by atoms with E-state index in [0.29, 0.717) is 47.6 Å². The minimum Gasteiger partial charge on any atom is -0.497 e. The highest BCUT2D eigenvalue weighted by Crippen LogP contribution is 2.53. The zero-order valence-electron chi connectivity index (χ0n) is 16.0. The fraction of sp³-hybridized carbons (Fsp3) is 0.682. The molecule has 144 valence electrons. The average Bonchev–Trinajstić information content (AvgIpc) is 3.08. The number of amides is 1. The van der Waals surface area contributed by atoms with E-state index >= 15 is 0 Å². The van der Waals surface area contributed by atoms with Crippen LogP contribution < -0.4 is 10.1 Å². The van der Waals surface area contributed by atoms with Crippen molar-refractivity contribution >= 4 is 5.91 Å². The van der Waals surface area contributed by atoms with Crippen molar-refractivity contribution in [1.82, 2.24) is 15.1 Å². The summed E-state index contributed by atoms with van der Waals surface area (Å²) in [5.74, 6) is 3.99. The van der Waals surface area contributed by atoms with Crippen LogP contribution in [-0.2, 0) is 4.79 Å². The quantitative estimate of drug-likeness (QED) is 0.881. The van der Waals surface area contributed by atoms with Crippen molar-refractivity contribution in [3.63, 3.8) is 0 Å². The molecule has 27 heavy (non-hydrogen) atoms. The fourth-order valence-corrected chi connectivity index (χ4v) is 6.81. The Morgan fingerprint density at radius 2 is 1.93 bits per heavy atom. The molecule has 1 aliphatic carbocycles. The predicted molar refractivity (Wildman–Crippen MR) is 103 cm³/mol. The van der Waals surface area contributed by atoms with Crippen LogP contribution in [0.2, 0.25) is 0 Å². The molecule has 5 heteroatoms. The molecule has 6 aliphatic rings. The summed E-state index contributed by atoms with van der Waals surface area (Å²) in [4.78, 5) is 18.5. The van der Waals surface area contributed by atoms with Gasteiger partial charge in [-0.25, -0.2) is 0 Å². The van der Waals surface area contributed by atoms with Crippen molar-refractivity contribution in [1.29, 1.82) is 0 Å². The number of benzene rings is 1. The molecule has 2 bridgehead atoms. The van der Waals surface area contributed by atoms with E-state index in [-0.39, 0.29) is 0 Å². The summed E-state index contributed by atoms with van der Waals surface area (Å²) in [7, 11) is 1.73. The van der Waals surface area contributed by atoms with Gasteiger partial charge in [0.25, 0.3) is 0 Å². The number of ether oxygens (including phenoxy) is 1. The number of hydrogen-bond donors (Lipinski definition) is 1. The maximum Gasteiger partial charge on any atom is 0.226 e. The van der Waals surface area contributed by atoms with Crippen LogP contribution in [0.15, 0.2) is 24.3 Å². The maximum atomic E-state index is 13.5. The third-order valence-corrected chi connectivity index (χ3v) is 8.18. The number of rotatable bonds is 3. The normalized spacial score (nSPS) is 44.1. The Morgan fingerprint density at radius 3 is 2.67 bits per heavy atom. The second-order valence-corrected chi connectivity index (χ2v) is 9.24. The summed E-state index contributed by atoms with van der Waals surface area (Å²) in [6.45, 7) is 5.37. The van der Waals surface area contributed by atoms with Crippen LogP contribution in [-0.4, -0.2) is 67.6 Å². The van der Waals surface area contributed by atoms with Crippen molar-refractivity contribution in [2.24, 2.45) is 23.7 Å². The first-order valence-corrected chi connectivity index (χ1v) is 10.7. The number of likely N-dealkylation sites (tertiary alicyclic amines) is 1. The maximum absolute atomic E-state index is 13.5. The van der Waals surface area contributed by atoms with E-state index < -0.39 is 0 Å². The molecule has 7 rings (SSSR count). The van der Waals surface area contributed by atoms with Crippen LogP contribution >= 0.6 is 0 Å². The van der Waals surface area contributed by atoms with Crippen LogP contribution in [0.5, 0.6) is 5.75 Å². The van der Waals surface area contributed by atoms with E-state index in [1.165, 1.54) is 31.5 Å².